The number of amides is 2. The molecule has 2 rings (SSSR count). The van der Waals surface area contributed by atoms with Gasteiger partial charge in [0.2, 0.25) is 11.8 Å². The second kappa shape index (κ2) is 9.94. The van der Waals surface area contributed by atoms with E-state index >= 15 is 0 Å². The third kappa shape index (κ3) is 6.85. The summed E-state index contributed by atoms with van der Waals surface area (Å²) in [5.41, 5.74) is 1.86. The molecule has 0 aliphatic heterocycles. The molecule has 2 amide bonds. The van der Waals surface area contributed by atoms with Gasteiger partial charge in [-0.2, -0.15) is 0 Å². The third-order valence-corrected chi connectivity index (χ3v) is 4.57. The Bertz CT molecular complexity index is 737. The van der Waals surface area contributed by atoms with Crippen LogP contribution in [0.2, 0.25) is 0 Å². The summed E-state index contributed by atoms with van der Waals surface area (Å²) in [4.78, 5) is 31.3. The standard InChI is InChI=1S/C19H24N4O2S/c1-22(2)19(25)13-23(3)12-17(24)21-16-8-6-7-15(11-16)14-26-18-9-4-5-10-20-18/h4-11H,12-14H2,1-3H3,(H,21,24). The molecule has 0 bridgehead atoms. The van der Waals surface area contributed by atoms with E-state index < -0.39 is 0 Å². The van der Waals surface area contributed by atoms with Crippen LogP contribution < -0.4 is 5.32 Å². The van der Waals surface area contributed by atoms with E-state index in [0.717, 1.165) is 22.0 Å². The molecular formula is C19H24N4O2S. The SMILES string of the molecule is CN(CC(=O)Nc1cccc(CSc2ccccn2)c1)CC(=O)N(C)C. The number of nitrogens with zero attached hydrogens (tertiary/aromatic N) is 3. The van der Waals surface area contributed by atoms with Crippen LogP contribution in [0, 0.1) is 0 Å². The smallest absolute Gasteiger partial charge is 0.238 e. The highest BCUT2D eigenvalue weighted by atomic mass is 32.2. The Morgan fingerprint density at radius 2 is 1.88 bits per heavy atom. The lowest BCUT2D eigenvalue weighted by Gasteiger charge is -2.18. The molecule has 0 aliphatic carbocycles. The van der Waals surface area contributed by atoms with Gasteiger partial charge in [-0.15, -0.1) is 11.8 Å². The number of hydrogen-bond acceptors (Lipinski definition) is 5. The van der Waals surface area contributed by atoms with Crippen molar-refractivity contribution >= 4 is 29.3 Å². The number of aromatic nitrogens is 1. The summed E-state index contributed by atoms with van der Waals surface area (Å²) in [5, 5.41) is 3.85. The molecule has 6 nitrogen and oxygen atoms in total. The Morgan fingerprint density at radius 3 is 2.58 bits per heavy atom. The zero-order valence-electron chi connectivity index (χ0n) is 15.3. The Labute approximate surface area is 158 Å². The van der Waals surface area contributed by atoms with Gasteiger partial charge in [0.15, 0.2) is 0 Å². The van der Waals surface area contributed by atoms with Crippen LogP contribution in [0.4, 0.5) is 5.69 Å². The van der Waals surface area contributed by atoms with Gasteiger partial charge in [0.1, 0.15) is 0 Å². The summed E-state index contributed by atoms with van der Waals surface area (Å²) in [5.74, 6) is 0.597. The average Bonchev–Trinajstić information content (AvgIpc) is 2.60. The molecule has 0 radical (unpaired) electrons. The van der Waals surface area contributed by atoms with Crippen LogP contribution in [0.5, 0.6) is 0 Å². The Balaban J connectivity index is 1.85. The number of hydrogen-bond donors (Lipinski definition) is 1. The van der Waals surface area contributed by atoms with Crippen molar-refractivity contribution in [3.8, 4) is 0 Å². The molecule has 138 valence electrons. The minimum Gasteiger partial charge on any atom is -0.348 e. The van der Waals surface area contributed by atoms with E-state index in [9.17, 15) is 9.59 Å². The van der Waals surface area contributed by atoms with E-state index in [4.69, 9.17) is 0 Å². The fourth-order valence-corrected chi connectivity index (χ4v) is 3.01. The molecule has 26 heavy (non-hydrogen) atoms. The van der Waals surface area contributed by atoms with Gasteiger partial charge in [-0.3, -0.25) is 14.5 Å². The number of anilines is 1. The average molecular weight is 372 g/mol. The number of rotatable bonds is 8. The molecule has 1 N–H and O–H groups in total. The van der Waals surface area contributed by atoms with Gasteiger partial charge in [-0.05, 0) is 36.9 Å². The number of benzene rings is 1. The van der Waals surface area contributed by atoms with Crippen molar-refractivity contribution in [1.82, 2.24) is 14.8 Å². The maximum absolute atomic E-state index is 12.2. The summed E-state index contributed by atoms with van der Waals surface area (Å²) in [7, 11) is 5.15. The quantitative estimate of drug-likeness (QED) is 0.721. The van der Waals surface area contributed by atoms with E-state index in [2.05, 4.69) is 10.3 Å². The number of nitrogens with one attached hydrogen (secondary N) is 1. The summed E-state index contributed by atoms with van der Waals surface area (Å²) < 4.78 is 0. The summed E-state index contributed by atoms with van der Waals surface area (Å²) in [6.07, 6.45) is 1.77. The molecular weight excluding hydrogens is 348 g/mol. The minimum absolute atomic E-state index is 0.0335. The lowest BCUT2D eigenvalue weighted by Crippen LogP contribution is -2.38. The first kappa shape index (κ1) is 19.9. The molecule has 0 aliphatic rings. The second-order valence-corrected chi connectivity index (χ2v) is 7.16. The van der Waals surface area contributed by atoms with Gasteiger partial charge >= 0.3 is 0 Å². The van der Waals surface area contributed by atoms with Crippen LogP contribution in [0.1, 0.15) is 5.56 Å². The number of carbonyl (C=O) groups excluding carboxylic acids is 2. The number of thioether (sulfide) groups is 1. The lowest BCUT2D eigenvalue weighted by atomic mass is 10.2. The first-order valence-corrected chi connectivity index (χ1v) is 9.24. The molecule has 0 fully saturated rings. The van der Waals surface area contributed by atoms with Crippen molar-refractivity contribution < 1.29 is 9.59 Å². The topological polar surface area (TPSA) is 65.5 Å². The van der Waals surface area contributed by atoms with Gasteiger partial charge in [0.25, 0.3) is 0 Å². The van der Waals surface area contributed by atoms with Gasteiger partial charge in [0, 0.05) is 31.7 Å². The normalized spacial score (nSPS) is 10.6. The Hall–Kier alpha value is -2.38. The molecule has 0 saturated heterocycles. The maximum atomic E-state index is 12.2. The number of carbonyl (C=O) groups is 2. The van der Waals surface area contributed by atoms with Crippen LogP contribution in [0.15, 0.2) is 53.7 Å². The van der Waals surface area contributed by atoms with E-state index in [1.165, 1.54) is 4.90 Å². The van der Waals surface area contributed by atoms with Crippen LogP contribution in [0.25, 0.3) is 0 Å². The minimum atomic E-state index is -0.145. The first-order valence-electron chi connectivity index (χ1n) is 8.25. The molecule has 1 aromatic heterocycles. The summed E-state index contributed by atoms with van der Waals surface area (Å²) in [6, 6.07) is 13.6. The molecule has 0 atom stereocenters. The van der Waals surface area contributed by atoms with Gasteiger partial charge in [0.05, 0.1) is 18.1 Å². The predicted molar refractivity (Wildman–Crippen MR) is 105 cm³/mol. The number of pyridine rings is 1. The number of likely N-dealkylation sites (N-methyl/N-ethyl adjacent to an activating group) is 2. The molecule has 0 saturated carbocycles. The summed E-state index contributed by atoms with van der Waals surface area (Å²) >= 11 is 1.65. The van der Waals surface area contributed by atoms with Crippen LogP contribution in [-0.2, 0) is 15.3 Å². The largest absolute Gasteiger partial charge is 0.348 e. The van der Waals surface area contributed by atoms with Crippen molar-refractivity contribution in [2.75, 3.05) is 39.5 Å². The molecule has 0 unspecified atom stereocenters. The first-order chi connectivity index (χ1) is 12.4. The van der Waals surface area contributed by atoms with Crippen LogP contribution in [-0.4, -0.2) is 60.8 Å². The van der Waals surface area contributed by atoms with Crippen molar-refractivity contribution in [1.29, 1.82) is 0 Å². The van der Waals surface area contributed by atoms with E-state index in [-0.39, 0.29) is 24.9 Å². The highest BCUT2D eigenvalue weighted by Crippen LogP contribution is 2.22. The zero-order chi connectivity index (χ0) is 18.9. The molecule has 1 aromatic carbocycles. The van der Waals surface area contributed by atoms with E-state index in [0.29, 0.717) is 0 Å². The zero-order valence-corrected chi connectivity index (χ0v) is 16.1. The van der Waals surface area contributed by atoms with E-state index in [1.807, 2.05) is 42.5 Å². The van der Waals surface area contributed by atoms with Crippen molar-refractivity contribution in [2.45, 2.75) is 10.8 Å². The summed E-state index contributed by atoms with van der Waals surface area (Å²) in [6.45, 7) is 0.369. The molecule has 0 spiro atoms. The van der Waals surface area contributed by atoms with Gasteiger partial charge < -0.3 is 10.2 Å². The van der Waals surface area contributed by atoms with Crippen molar-refractivity contribution in [3.63, 3.8) is 0 Å². The van der Waals surface area contributed by atoms with Crippen LogP contribution >= 0.6 is 11.8 Å². The van der Waals surface area contributed by atoms with Gasteiger partial charge in [-0.1, -0.05) is 18.2 Å². The predicted octanol–water partition coefficient (Wildman–Crippen LogP) is 2.33. The van der Waals surface area contributed by atoms with Crippen molar-refractivity contribution in [2.24, 2.45) is 0 Å². The van der Waals surface area contributed by atoms with Crippen LogP contribution in [0.3, 0.4) is 0 Å². The molecule has 2 aromatic rings. The van der Waals surface area contributed by atoms with Gasteiger partial charge in [-0.25, -0.2) is 4.98 Å². The monoisotopic (exact) mass is 372 g/mol. The Kier molecular flexibility index (Phi) is 7.62. The highest BCUT2D eigenvalue weighted by Gasteiger charge is 2.12. The molecule has 7 heteroatoms. The molecule has 1 heterocycles. The second-order valence-electron chi connectivity index (χ2n) is 6.17. The maximum Gasteiger partial charge on any atom is 0.238 e. The highest BCUT2D eigenvalue weighted by molar-refractivity contribution is 7.98. The fraction of sp³-hybridized carbons (Fsp3) is 0.316. The Morgan fingerprint density at radius 1 is 1.08 bits per heavy atom. The third-order valence-electron chi connectivity index (χ3n) is 3.55. The lowest BCUT2D eigenvalue weighted by molar-refractivity contribution is -0.130. The fourth-order valence-electron chi connectivity index (χ4n) is 2.20. The van der Waals surface area contributed by atoms with Crippen molar-refractivity contribution in [3.05, 3.63) is 54.2 Å². The van der Waals surface area contributed by atoms with E-state index in [1.54, 1.807) is 44.0 Å².